The van der Waals surface area contributed by atoms with E-state index < -0.39 is 12.1 Å². The van der Waals surface area contributed by atoms with Crippen molar-refractivity contribution in [1.82, 2.24) is 5.32 Å². The Kier molecular flexibility index (Phi) is 5.46. The maximum Gasteiger partial charge on any atom is 0.339 e. The number of nitrogens with one attached hydrogen (secondary N) is 1. The van der Waals surface area contributed by atoms with Crippen molar-refractivity contribution in [3.63, 3.8) is 0 Å². The van der Waals surface area contributed by atoms with Gasteiger partial charge in [-0.1, -0.05) is 42.5 Å². The summed E-state index contributed by atoms with van der Waals surface area (Å²) >= 11 is 0. The number of cyclic esters (lactones) is 1. The lowest BCUT2D eigenvalue weighted by atomic mass is 9.98. The minimum Gasteiger partial charge on any atom is -0.448 e. The third-order valence-electron chi connectivity index (χ3n) is 4.22. The third-order valence-corrected chi connectivity index (χ3v) is 4.22. The quantitative estimate of drug-likeness (QED) is 0.822. The maximum absolute atomic E-state index is 12.4. The van der Waals surface area contributed by atoms with Gasteiger partial charge in [-0.25, -0.2) is 4.79 Å². The van der Waals surface area contributed by atoms with Gasteiger partial charge in [-0.15, -0.1) is 0 Å². The first-order valence-electron chi connectivity index (χ1n) is 8.40. The van der Waals surface area contributed by atoms with E-state index >= 15 is 0 Å². The lowest BCUT2D eigenvalue weighted by molar-refractivity contribution is -0.130. The zero-order chi connectivity index (χ0) is 17.6. The molecule has 130 valence electrons. The van der Waals surface area contributed by atoms with Crippen molar-refractivity contribution in [1.29, 1.82) is 0 Å². The van der Waals surface area contributed by atoms with Gasteiger partial charge in [-0.2, -0.15) is 0 Å². The van der Waals surface area contributed by atoms with Crippen LogP contribution in [-0.4, -0.2) is 24.6 Å². The molecule has 1 heterocycles. The van der Waals surface area contributed by atoms with Gasteiger partial charge in [0.25, 0.3) is 5.91 Å². The summed E-state index contributed by atoms with van der Waals surface area (Å²) in [5.41, 5.74) is 3.41. The molecule has 1 aliphatic rings. The molecule has 0 saturated heterocycles. The Balaban J connectivity index is 1.63. The SMILES string of the molecule is CCOCc1ccccc1CNC(=O)C1Cc2ccccc2C(=O)O1. The fourth-order valence-corrected chi connectivity index (χ4v) is 2.86. The highest BCUT2D eigenvalue weighted by molar-refractivity contribution is 5.95. The van der Waals surface area contributed by atoms with Gasteiger partial charge < -0.3 is 14.8 Å². The summed E-state index contributed by atoms with van der Waals surface area (Å²) in [4.78, 5) is 24.5. The summed E-state index contributed by atoms with van der Waals surface area (Å²) in [7, 11) is 0. The molecule has 0 aromatic heterocycles. The number of fused-ring (bicyclic) bond motifs is 1. The molecule has 1 amide bonds. The van der Waals surface area contributed by atoms with Gasteiger partial charge in [0.05, 0.1) is 12.2 Å². The minimum absolute atomic E-state index is 0.283. The molecule has 2 aromatic rings. The Bertz CT molecular complexity index is 772. The van der Waals surface area contributed by atoms with E-state index in [9.17, 15) is 9.59 Å². The number of benzene rings is 2. The lowest BCUT2D eigenvalue weighted by Crippen LogP contribution is -2.41. The topological polar surface area (TPSA) is 64.6 Å². The van der Waals surface area contributed by atoms with Gasteiger partial charge in [0.1, 0.15) is 0 Å². The molecule has 5 heteroatoms. The molecule has 1 atom stereocenters. The Morgan fingerprint density at radius 1 is 1.16 bits per heavy atom. The van der Waals surface area contributed by atoms with Crippen LogP contribution in [0.4, 0.5) is 0 Å². The van der Waals surface area contributed by atoms with Crippen LogP contribution in [0, 0.1) is 0 Å². The van der Waals surface area contributed by atoms with Gasteiger partial charge in [0.15, 0.2) is 6.10 Å². The molecule has 5 nitrogen and oxygen atoms in total. The van der Waals surface area contributed by atoms with Crippen LogP contribution >= 0.6 is 0 Å². The monoisotopic (exact) mass is 339 g/mol. The summed E-state index contributed by atoms with van der Waals surface area (Å²) in [6.45, 7) is 3.46. The molecular formula is C20H21NO4. The standard InChI is InChI=1S/C20H21NO4/c1-2-24-13-16-9-4-3-8-15(16)12-21-19(22)18-11-14-7-5-6-10-17(14)20(23)25-18/h3-10,18H,2,11-13H2,1H3,(H,21,22). The van der Waals surface area contributed by atoms with Crippen LogP contribution in [-0.2, 0) is 33.8 Å². The predicted octanol–water partition coefficient (Wildman–Crippen LogP) is 2.62. The minimum atomic E-state index is -0.790. The zero-order valence-corrected chi connectivity index (χ0v) is 14.2. The van der Waals surface area contributed by atoms with E-state index in [2.05, 4.69) is 5.32 Å². The van der Waals surface area contributed by atoms with Crippen molar-refractivity contribution < 1.29 is 19.1 Å². The van der Waals surface area contributed by atoms with Crippen molar-refractivity contribution in [3.8, 4) is 0 Å². The first kappa shape index (κ1) is 17.2. The second-order valence-corrected chi connectivity index (χ2v) is 5.88. The third kappa shape index (κ3) is 4.06. The number of rotatable bonds is 6. The predicted molar refractivity (Wildman–Crippen MR) is 93.0 cm³/mol. The van der Waals surface area contributed by atoms with E-state index in [-0.39, 0.29) is 5.91 Å². The summed E-state index contributed by atoms with van der Waals surface area (Å²) < 4.78 is 10.7. The largest absolute Gasteiger partial charge is 0.448 e. The fraction of sp³-hybridized carbons (Fsp3) is 0.300. The van der Waals surface area contributed by atoms with Crippen LogP contribution in [0.15, 0.2) is 48.5 Å². The average Bonchev–Trinajstić information content (AvgIpc) is 2.65. The molecule has 0 bridgehead atoms. The number of hydrogen-bond acceptors (Lipinski definition) is 4. The molecule has 25 heavy (non-hydrogen) atoms. The summed E-state index contributed by atoms with van der Waals surface area (Å²) in [5.74, 6) is -0.729. The summed E-state index contributed by atoms with van der Waals surface area (Å²) in [6.07, 6.45) is -0.393. The van der Waals surface area contributed by atoms with Crippen molar-refractivity contribution in [2.75, 3.05) is 6.61 Å². The van der Waals surface area contributed by atoms with E-state index in [1.807, 2.05) is 43.3 Å². The number of ether oxygens (including phenoxy) is 2. The number of carbonyl (C=O) groups excluding carboxylic acids is 2. The van der Waals surface area contributed by atoms with Gasteiger partial charge in [-0.05, 0) is 29.7 Å². The molecule has 1 aliphatic heterocycles. The Labute approximate surface area is 147 Å². The van der Waals surface area contributed by atoms with E-state index in [0.29, 0.717) is 31.7 Å². The normalized spacial score (nSPS) is 16.0. The van der Waals surface area contributed by atoms with E-state index in [4.69, 9.17) is 9.47 Å². The molecule has 0 fully saturated rings. The average molecular weight is 339 g/mol. The van der Waals surface area contributed by atoms with E-state index in [0.717, 1.165) is 16.7 Å². The molecule has 1 N–H and O–H groups in total. The van der Waals surface area contributed by atoms with Gasteiger partial charge in [-0.3, -0.25) is 4.79 Å². The van der Waals surface area contributed by atoms with Crippen molar-refractivity contribution >= 4 is 11.9 Å². The molecule has 0 radical (unpaired) electrons. The van der Waals surface area contributed by atoms with Crippen molar-refractivity contribution in [2.45, 2.75) is 32.6 Å². The van der Waals surface area contributed by atoms with Gasteiger partial charge >= 0.3 is 5.97 Å². The second kappa shape index (κ2) is 7.94. The van der Waals surface area contributed by atoms with Crippen molar-refractivity contribution in [3.05, 3.63) is 70.8 Å². The number of carbonyl (C=O) groups is 2. The van der Waals surface area contributed by atoms with E-state index in [1.165, 1.54) is 0 Å². The van der Waals surface area contributed by atoms with Crippen LogP contribution < -0.4 is 5.32 Å². The Morgan fingerprint density at radius 3 is 2.68 bits per heavy atom. The fourth-order valence-electron chi connectivity index (χ4n) is 2.86. The molecule has 0 saturated carbocycles. The van der Waals surface area contributed by atoms with Crippen LogP contribution in [0.5, 0.6) is 0 Å². The maximum atomic E-state index is 12.4. The first-order valence-corrected chi connectivity index (χ1v) is 8.40. The highest BCUT2D eigenvalue weighted by atomic mass is 16.5. The summed E-state index contributed by atoms with van der Waals surface area (Å²) in [6, 6.07) is 15.0. The van der Waals surface area contributed by atoms with Crippen molar-refractivity contribution in [2.24, 2.45) is 0 Å². The molecule has 2 aromatic carbocycles. The molecule has 0 spiro atoms. The first-order chi connectivity index (χ1) is 12.2. The lowest BCUT2D eigenvalue weighted by Gasteiger charge is -2.24. The van der Waals surface area contributed by atoms with Gasteiger partial charge in [0, 0.05) is 19.6 Å². The Hall–Kier alpha value is -2.66. The van der Waals surface area contributed by atoms with Crippen LogP contribution in [0.3, 0.4) is 0 Å². The Morgan fingerprint density at radius 2 is 1.88 bits per heavy atom. The molecule has 0 aliphatic carbocycles. The smallest absolute Gasteiger partial charge is 0.339 e. The highest BCUT2D eigenvalue weighted by Gasteiger charge is 2.30. The molecule has 3 rings (SSSR count). The summed E-state index contributed by atoms with van der Waals surface area (Å²) in [5, 5.41) is 2.87. The highest BCUT2D eigenvalue weighted by Crippen LogP contribution is 2.20. The van der Waals surface area contributed by atoms with Crippen LogP contribution in [0.2, 0.25) is 0 Å². The molecular weight excluding hydrogens is 318 g/mol. The van der Waals surface area contributed by atoms with Crippen LogP contribution in [0.1, 0.15) is 34.0 Å². The van der Waals surface area contributed by atoms with Crippen LogP contribution in [0.25, 0.3) is 0 Å². The second-order valence-electron chi connectivity index (χ2n) is 5.88. The van der Waals surface area contributed by atoms with Gasteiger partial charge in [0.2, 0.25) is 0 Å². The number of amides is 1. The zero-order valence-electron chi connectivity index (χ0n) is 14.2. The van der Waals surface area contributed by atoms with E-state index in [1.54, 1.807) is 12.1 Å². The number of hydrogen-bond donors (Lipinski definition) is 1. The number of esters is 1. The molecule has 1 unspecified atom stereocenters.